The molecule has 1 heterocycles. The lowest BCUT2D eigenvalue weighted by molar-refractivity contribution is 0.145. The summed E-state index contributed by atoms with van der Waals surface area (Å²) in [6.07, 6.45) is 2.00. The Bertz CT molecular complexity index is 497. The zero-order valence-electron chi connectivity index (χ0n) is 14.7. The van der Waals surface area contributed by atoms with Gasteiger partial charge in [-0.15, -0.1) is 24.0 Å². The number of benzene rings is 1. The SMILES string of the molecule is CCNC(=NCC1CCOc2ccccc21)NCCCOCC.I. The van der Waals surface area contributed by atoms with Crippen LogP contribution in [0.5, 0.6) is 5.75 Å². The monoisotopic (exact) mass is 447 g/mol. The molecule has 0 aromatic heterocycles. The molecule has 1 aliphatic heterocycles. The van der Waals surface area contributed by atoms with Gasteiger partial charge >= 0.3 is 0 Å². The topological polar surface area (TPSA) is 54.9 Å². The van der Waals surface area contributed by atoms with E-state index in [1.165, 1.54) is 5.56 Å². The van der Waals surface area contributed by atoms with Crippen LogP contribution in [-0.4, -0.2) is 45.4 Å². The summed E-state index contributed by atoms with van der Waals surface area (Å²) in [4.78, 5) is 4.75. The average molecular weight is 447 g/mol. The normalized spacial score (nSPS) is 16.6. The van der Waals surface area contributed by atoms with Crippen LogP contribution < -0.4 is 15.4 Å². The molecule has 6 heteroatoms. The van der Waals surface area contributed by atoms with Crippen molar-refractivity contribution in [2.45, 2.75) is 32.6 Å². The summed E-state index contributed by atoms with van der Waals surface area (Å²) in [7, 11) is 0. The largest absolute Gasteiger partial charge is 0.493 e. The maximum Gasteiger partial charge on any atom is 0.191 e. The van der Waals surface area contributed by atoms with Gasteiger partial charge in [-0.2, -0.15) is 0 Å². The molecule has 0 saturated carbocycles. The average Bonchev–Trinajstić information content (AvgIpc) is 2.59. The summed E-state index contributed by atoms with van der Waals surface area (Å²) in [5.74, 6) is 2.32. The zero-order chi connectivity index (χ0) is 16.3. The number of para-hydroxylation sites is 1. The lowest BCUT2D eigenvalue weighted by atomic mass is 9.93. The van der Waals surface area contributed by atoms with Crippen LogP contribution in [0.15, 0.2) is 29.3 Å². The van der Waals surface area contributed by atoms with Gasteiger partial charge in [-0.1, -0.05) is 18.2 Å². The van der Waals surface area contributed by atoms with Crippen LogP contribution in [0.25, 0.3) is 0 Å². The molecule has 0 saturated heterocycles. The summed E-state index contributed by atoms with van der Waals surface area (Å²) in [6, 6.07) is 8.29. The van der Waals surface area contributed by atoms with Gasteiger partial charge in [0.15, 0.2) is 5.96 Å². The number of halogens is 1. The van der Waals surface area contributed by atoms with E-state index in [2.05, 4.69) is 29.7 Å². The fourth-order valence-corrected chi connectivity index (χ4v) is 2.67. The third-order valence-electron chi connectivity index (χ3n) is 3.86. The van der Waals surface area contributed by atoms with Crippen molar-refractivity contribution < 1.29 is 9.47 Å². The van der Waals surface area contributed by atoms with Gasteiger partial charge in [0, 0.05) is 38.8 Å². The Labute approximate surface area is 162 Å². The lowest BCUT2D eigenvalue weighted by Crippen LogP contribution is -2.38. The van der Waals surface area contributed by atoms with E-state index >= 15 is 0 Å². The van der Waals surface area contributed by atoms with E-state index in [0.717, 1.165) is 64.0 Å². The number of hydrogen-bond acceptors (Lipinski definition) is 3. The summed E-state index contributed by atoms with van der Waals surface area (Å²) in [6.45, 7) is 8.95. The Morgan fingerprint density at radius 3 is 2.92 bits per heavy atom. The standard InChI is InChI=1S/C18H29N3O2.HI/c1-3-19-18(20-11-7-12-22-4-2)21-14-15-10-13-23-17-9-6-5-8-16(15)17;/h5-6,8-9,15H,3-4,7,10-14H2,1-2H3,(H2,19,20,21);1H. The summed E-state index contributed by atoms with van der Waals surface area (Å²) in [5.41, 5.74) is 1.27. The third-order valence-corrected chi connectivity index (χ3v) is 3.86. The summed E-state index contributed by atoms with van der Waals surface area (Å²) >= 11 is 0. The first-order valence-electron chi connectivity index (χ1n) is 8.66. The van der Waals surface area contributed by atoms with Crippen molar-refractivity contribution >= 4 is 29.9 Å². The highest BCUT2D eigenvalue weighted by atomic mass is 127. The highest BCUT2D eigenvalue weighted by Gasteiger charge is 2.20. The van der Waals surface area contributed by atoms with Gasteiger partial charge in [0.25, 0.3) is 0 Å². The van der Waals surface area contributed by atoms with Crippen LogP contribution in [-0.2, 0) is 4.74 Å². The van der Waals surface area contributed by atoms with Crippen molar-refractivity contribution in [2.24, 2.45) is 4.99 Å². The van der Waals surface area contributed by atoms with E-state index in [1.807, 2.05) is 19.1 Å². The van der Waals surface area contributed by atoms with Gasteiger partial charge in [-0.05, 0) is 38.3 Å². The number of fused-ring (bicyclic) bond motifs is 1. The van der Waals surface area contributed by atoms with Gasteiger partial charge in [0.2, 0.25) is 0 Å². The summed E-state index contributed by atoms with van der Waals surface area (Å²) < 4.78 is 11.1. The first-order chi connectivity index (χ1) is 11.3. The van der Waals surface area contributed by atoms with Crippen molar-refractivity contribution in [3.8, 4) is 5.75 Å². The van der Waals surface area contributed by atoms with Gasteiger partial charge in [-0.3, -0.25) is 4.99 Å². The van der Waals surface area contributed by atoms with Crippen molar-refractivity contribution in [1.82, 2.24) is 10.6 Å². The second-order valence-electron chi connectivity index (χ2n) is 5.57. The molecule has 0 spiro atoms. The molecule has 1 aliphatic rings. The van der Waals surface area contributed by atoms with Crippen LogP contribution in [0, 0.1) is 0 Å². The first-order valence-corrected chi connectivity index (χ1v) is 8.66. The first kappa shape index (κ1) is 21.0. The van der Waals surface area contributed by atoms with E-state index in [9.17, 15) is 0 Å². The lowest BCUT2D eigenvalue weighted by Gasteiger charge is -2.25. The van der Waals surface area contributed by atoms with Crippen LogP contribution >= 0.6 is 24.0 Å². The number of hydrogen-bond donors (Lipinski definition) is 2. The number of rotatable bonds is 8. The molecule has 1 aromatic rings. The molecule has 0 bridgehead atoms. The molecule has 1 unspecified atom stereocenters. The minimum absolute atomic E-state index is 0. The molecule has 136 valence electrons. The number of nitrogens with one attached hydrogen (secondary N) is 2. The fraction of sp³-hybridized carbons (Fsp3) is 0.611. The van der Waals surface area contributed by atoms with Crippen LogP contribution in [0.2, 0.25) is 0 Å². The zero-order valence-corrected chi connectivity index (χ0v) is 17.0. The molecule has 1 atom stereocenters. The molecule has 2 rings (SSSR count). The van der Waals surface area contributed by atoms with Gasteiger partial charge < -0.3 is 20.1 Å². The van der Waals surface area contributed by atoms with E-state index in [4.69, 9.17) is 14.5 Å². The Balaban J connectivity index is 0.00000288. The number of ether oxygens (including phenoxy) is 2. The van der Waals surface area contributed by atoms with Crippen LogP contribution in [0.1, 0.15) is 38.2 Å². The Kier molecular flexibility index (Phi) is 10.8. The minimum Gasteiger partial charge on any atom is -0.493 e. The third kappa shape index (κ3) is 6.84. The van der Waals surface area contributed by atoms with Crippen molar-refractivity contribution in [3.63, 3.8) is 0 Å². The van der Waals surface area contributed by atoms with E-state index in [-0.39, 0.29) is 24.0 Å². The summed E-state index contributed by atoms with van der Waals surface area (Å²) in [5, 5.41) is 6.67. The predicted molar refractivity (Wildman–Crippen MR) is 110 cm³/mol. The molecule has 0 fully saturated rings. The molecule has 5 nitrogen and oxygen atoms in total. The quantitative estimate of drug-likeness (QED) is 0.278. The molecule has 0 amide bonds. The molecular weight excluding hydrogens is 417 g/mol. The highest BCUT2D eigenvalue weighted by Crippen LogP contribution is 2.33. The molecule has 24 heavy (non-hydrogen) atoms. The van der Waals surface area contributed by atoms with E-state index in [1.54, 1.807) is 0 Å². The number of nitrogens with zero attached hydrogens (tertiary/aromatic N) is 1. The fourth-order valence-electron chi connectivity index (χ4n) is 2.67. The van der Waals surface area contributed by atoms with Crippen molar-refractivity contribution in [2.75, 3.05) is 39.5 Å². The number of guanidine groups is 1. The second-order valence-corrected chi connectivity index (χ2v) is 5.57. The van der Waals surface area contributed by atoms with Crippen molar-refractivity contribution in [1.29, 1.82) is 0 Å². The van der Waals surface area contributed by atoms with Crippen LogP contribution in [0.3, 0.4) is 0 Å². The van der Waals surface area contributed by atoms with Gasteiger partial charge in [0.1, 0.15) is 5.75 Å². The molecule has 1 aromatic carbocycles. The minimum atomic E-state index is 0. The van der Waals surface area contributed by atoms with Gasteiger partial charge in [-0.25, -0.2) is 0 Å². The van der Waals surface area contributed by atoms with Crippen LogP contribution in [0.4, 0.5) is 0 Å². The Morgan fingerprint density at radius 2 is 2.12 bits per heavy atom. The smallest absolute Gasteiger partial charge is 0.191 e. The second kappa shape index (κ2) is 12.4. The van der Waals surface area contributed by atoms with E-state index in [0.29, 0.717) is 5.92 Å². The predicted octanol–water partition coefficient (Wildman–Crippen LogP) is 3.15. The Hall–Kier alpha value is -1.02. The Morgan fingerprint density at radius 1 is 1.29 bits per heavy atom. The maximum atomic E-state index is 5.72. The number of aliphatic imine (C=N–C) groups is 1. The molecule has 0 aliphatic carbocycles. The molecule has 2 N–H and O–H groups in total. The maximum absolute atomic E-state index is 5.72. The molecule has 0 radical (unpaired) electrons. The van der Waals surface area contributed by atoms with Crippen molar-refractivity contribution in [3.05, 3.63) is 29.8 Å². The van der Waals surface area contributed by atoms with Gasteiger partial charge in [0.05, 0.1) is 6.61 Å². The van der Waals surface area contributed by atoms with E-state index < -0.39 is 0 Å². The molecular formula is C18H30IN3O2. The highest BCUT2D eigenvalue weighted by molar-refractivity contribution is 14.0.